The average Bonchev–Trinajstić information content (AvgIpc) is 2.43. The summed E-state index contributed by atoms with van der Waals surface area (Å²) in [4.78, 5) is 11.1. The van der Waals surface area contributed by atoms with Gasteiger partial charge in [0.05, 0.1) is 6.61 Å². The van der Waals surface area contributed by atoms with Crippen LogP contribution >= 0.6 is 0 Å². The van der Waals surface area contributed by atoms with Crippen molar-refractivity contribution in [3.8, 4) is 0 Å². The molecule has 0 atom stereocenters. The van der Waals surface area contributed by atoms with E-state index in [1.807, 2.05) is 0 Å². The van der Waals surface area contributed by atoms with E-state index < -0.39 is 0 Å². The molecular formula is C17H32O3. The molecular weight excluding hydrogens is 252 g/mol. The van der Waals surface area contributed by atoms with Crippen LogP contribution in [0.5, 0.6) is 0 Å². The third-order valence-corrected chi connectivity index (χ3v) is 3.16. The van der Waals surface area contributed by atoms with Gasteiger partial charge >= 0.3 is 5.97 Å². The highest BCUT2D eigenvalue weighted by Gasteiger charge is 2.01. The van der Waals surface area contributed by atoms with Crippen molar-refractivity contribution < 1.29 is 14.3 Å². The van der Waals surface area contributed by atoms with E-state index >= 15 is 0 Å². The second kappa shape index (κ2) is 14.6. The van der Waals surface area contributed by atoms with Crippen LogP contribution in [0.25, 0.3) is 0 Å². The molecule has 0 saturated carbocycles. The van der Waals surface area contributed by atoms with E-state index in [2.05, 4.69) is 13.5 Å². The second-order valence-corrected chi connectivity index (χ2v) is 5.36. The highest BCUT2D eigenvalue weighted by atomic mass is 16.5. The molecule has 0 aromatic carbocycles. The molecule has 0 aromatic rings. The number of esters is 1. The van der Waals surface area contributed by atoms with Crippen molar-refractivity contribution in [2.75, 3.05) is 19.8 Å². The molecule has 0 aromatic heterocycles. The monoisotopic (exact) mass is 284 g/mol. The number of carbonyl (C=O) groups excluding carboxylic acids is 1. The molecule has 0 amide bonds. The Morgan fingerprint density at radius 3 is 1.95 bits per heavy atom. The SMILES string of the molecule is C=C(C)C(=O)OCCCCCOCCCCCCCC. The van der Waals surface area contributed by atoms with Gasteiger partial charge in [0.1, 0.15) is 0 Å². The van der Waals surface area contributed by atoms with Crippen LogP contribution in [-0.2, 0) is 14.3 Å². The largest absolute Gasteiger partial charge is 0.462 e. The number of ether oxygens (including phenoxy) is 2. The quantitative estimate of drug-likeness (QED) is 0.264. The lowest BCUT2D eigenvalue weighted by atomic mass is 10.1. The second-order valence-electron chi connectivity index (χ2n) is 5.36. The van der Waals surface area contributed by atoms with Crippen LogP contribution in [0.15, 0.2) is 12.2 Å². The van der Waals surface area contributed by atoms with Gasteiger partial charge in [0.2, 0.25) is 0 Å². The third-order valence-electron chi connectivity index (χ3n) is 3.16. The first-order valence-corrected chi connectivity index (χ1v) is 8.08. The minimum Gasteiger partial charge on any atom is -0.462 e. The summed E-state index contributed by atoms with van der Waals surface area (Å²) in [5.41, 5.74) is 0.465. The molecule has 20 heavy (non-hydrogen) atoms. The molecule has 0 spiro atoms. The Kier molecular flexibility index (Phi) is 14.0. The summed E-state index contributed by atoms with van der Waals surface area (Å²) in [5.74, 6) is -0.288. The van der Waals surface area contributed by atoms with Gasteiger partial charge in [-0.05, 0) is 32.6 Å². The molecule has 3 heteroatoms. The first-order chi connectivity index (χ1) is 9.68. The lowest BCUT2D eigenvalue weighted by molar-refractivity contribution is -0.139. The number of hydrogen-bond donors (Lipinski definition) is 0. The van der Waals surface area contributed by atoms with Gasteiger partial charge < -0.3 is 9.47 Å². The zero-order valence-corrected chi connectivity index (χ0v) is 13.4. The van der Waals surface area contributed by atoms with Crippen molar-refractivity contribution in [1.82, 2.24) is 0 Å². The molecule has 0 fully saturated rings. The van der Waals surface area contributed by atoms with E-state index in [9.17, 15) is 4.79 Å². The molecule has 0 unspecified atom stereocenters. The highest BCUT2D eigenvalue weighted by molar-refractivity contribution is 5.86. The topological polar surface area (TPSA) is 35.5 Å². The molecule has 3 nitrogen and oxygen atoms in total. The molecule has 0 aliphatic rings. The van der Waals surface area contributed by atoms with E-state index in [1.165, 1.54) is 38.5 Å². The van der Waals surface area contributed by atoms with Gasteiger partial charge in [-0.1, -0.05) is 45.6 Å². The standard InChI is InChI=1S/C17H32O3/c1-4-5-6-7-8-10-13-19-14-11-9-12-15-20-17(18)16(2)3/h2,4-15H2,1,3H3. The zero-order valence-electron chi connectivity index (χ0n) is 13.4. The maximum Gasteiger partial charge on any atom is 0.333 e. The summed E-state index contributed by atoms with van der Waals surface area (Å²) >= 11 is 0. The van der Waals surface area contributed by atoms with Gasteiger partial charge in [0, 0.05) is 18.8 Å². The first kappa shape index (κ1) is 19.2. The van der Waals surface area contributed by atoms with Gasteiger partial charge in [-0.2, -0.15) is 0 Å². The van der Waals surface area contributed by atoms with E-state index in [0.717, 1.165) is 32.5 Å². The Balaban J connectivity index is 3.06. The summed E-state index contributed by atoms with van der Waals surface area (Å²) in [5, 5.41) is 0. The number of unbranched alkanes of at least 4 members (excludes halogenated alkanes) is 7. The lowest BCUT2D eigenvalue weighted by Crippen LogP contribution is -2.06. The summed E-state index contributed by atoms with van der Waals surface area (Å²) in [6, 6.07) is 0. The summed E-state index contributed by atoms with van der Waals surface area (Å²) < 4.78 is 10.6. The lowest BCUT2D eigenvalue weighted by Gasteiger charge is -2.05. The van der Waals surface area contributed by atoms with Crippen LogP contribution < -0.4 is 0 Å². The molecule has 118 valence electrons. The molecule has 0 aliphatic heterocycles. The molecule has 0 saturated heterocycles. The Morgan fingerprint density at radius 1 is 0.850 bits per heavy atom. The molecule has 0 rings (SSSR count). The minimum atomic E-state index is -0.288. The fourth-order valence-corrected chi connectivity index (χ4v) is 1.86. The van der Waals surface area contributed by atoms with Gasteiger partial charge in [-0.3, -0.25) is 0 Å². The number of carbonyl (C=O) groups is 1. The summed E-state index contributed by atoms with van der Waals surface area (Å²) in [7, 11) is 0. The molecule has 0 N–H and O–H groups in total. The average molecular weight is 284 g/mol. The Hall–Kier alpha value is -0.830. The van der Waals surface area contributed by atoms with Gasteiger partial charge in [-0.25, -0.2) is 4.79 Å². The van der Waals surface area contributed by atoms with Gasteiger partial charge in [-0.15, -0.1) is 0 Å². The normalized spacial score (nSPS) is 10.5. The van der Waals surface area contributed by atoms with E-state index in [1.54, 1.807) is 6.92 Å². The summed E-state index contributed by atoms with van der Waals surface area (Å²) in [6.07, 6.45) is 10.8. The van der Waals surface area contributed by atoms with Crippen molar-refractivity contribution in [2.45, 2.75) is 71.6 Å². The van der Waals surface area contributed by atoms with Crippen LogP contribution in [0.3, 0.4) is 0 Å². The van der Waals surface area contributed by atoms with Crippen LogP contribution in [0, 0.1) is 0 Å². The van der Waals surface area contributed by atoms with E-state index in [4.69, 9.17) is 9.47 Å². The van der Waals surface area contributed by atoms with Crippen LogP contribution in [0.2, 0.25) is 0 Å². The number of rotatable bonds is 14. The smallest absolute Gasteiger partial charge is 0.333 e. The molecule has 0 aliphatic carbocycles. The predicted octanol–water partition coefficient (Wildman–Crippen LogP) is 4.65. The third kappa shape index (κ3) is 13.6. The maximum absolute atomic E-state index is 11.1. The first-order valence-electron chi connectivity index (χ1n) is 8.08. The van der Waals surface area contributed by atoms with Crippen molar-refractivity contribution in [2.24, 2.45) is 0 Å². The molecule has 0 heterocycles. The Morgan fingerprint density at radius 2 is 1.35 bits per heavy atom. The molecule has 0 radical (unpaired) electrons. The van der Waals surface area contributed by atoms with Crippen LogP contribution in [0.1, 0.15) is 71.6 Å². The maximum atomic E-state index is 11.1. The predicted molar refractivity (Wildman–Crippen MR) is 83.8 cm³/mol. The van der Waals surface area contributed by atoms with Crippen LogP contribution in [-0.4, -0.2) is 25.8 Å². The summed E-state index contributed by atoms with van der Waals surface area (Å²) in [6.45, 7) is 9.64. The van der Waals surface area contributed by atoms with Gasteiger partial charge in [0.15, 0.2) is 0 Å². The molecule has 0 bridgehead atoms. The Labute approximate surface area is 124 Å². The van der Waals surface area contributed by atoms with Gasteiger partial charge in [0.25, 0.3) is 0 Å². The van der Waals surface area contributed by atoms with Crippen molar-refractivity contribution in [1.29, 1.82) is 0 Å². The van der Waals surface area contributed by atoms with E-state index in [0.29, 0.717) is 12.2 Å². The fourth-order valence-electron chi connectivity index (χ4n) is 1.86. The van der Waals surface area contributed by atoms with Crippen molar-refractivity contribution in [3.05, 3.63) is 12.2 Å². The van der Waals surface area contributed by atoms with Crippen molar-refractivity contribution >= 4 is 5.97 Å². The van der Waals surface area contributed by atoms with E-state index in [-0.39, 0.29) is 5.97 Å². The Bertz CT molecular complexity index is 249. The van der Waals surface area contributed by atoms with Crippen LogP contribution in [0.4, 0.5) is 0 Å². The number of hydrogen-bond acceptors (Lipinski definition) is 3. The minimum absolute atomic E-state index is 0.288. The zero-order chi connectivity index (χ0) is 15.1. The fraction of sp³-hybridized carbons (Fsp3) is 0.824. The van der Waals surface area contributed by atoms with Crippen molar-refractivity contribution in [3.63, 3.8) is 0 Å². The highest BCUT2D eigenvalue weighted by Crippen LogP contribution is 2.05.